The zero-order valence-electron chi connectivity index (χ0n) is 14.3. The topological polar surface area (TPSA) is 89.9 Å². The van der Waals surface area contributed by atoms with E-state index in [9.17, 15) is 19.5 Å². The maximum atomic E-state index is 13.0. The van der Waals surface area contributed by atoms with Crippen LogP contribution >= 0.6 is 24.0 Å². The van der Waals surface area contributed by atoms with Gasteiger partial charge >= 0.3 is 5.97 Å². The molecule has 0 bridgehead atoms. The molecule has 3 heterocycles. The number of carboxylic acids is 1. The van der Waals surface area contributed by atoms with Crippen LogP contribution in [0.25, 0.3) is 0 Å². The molecule has 0 unspecified atom stereocenters. The highest BCUT2D eigenvalue weighted by Crippen LogP contribution is 2.24. The average molecular weight is 398 g/mol. The molecule has 9 heteroatoms. The molecular formula is C17H23N3O4S2. The summed E-state index contributed by atoms with van der Waals surface area (Å²) in [6.45, 7) is 1.30. The highest BCUT2D eigenvalue weighted by Gasteiger charge is 2.42. The van der Waals surface area contributed by atoms with Gasteiger partial charge in [0.05, 0.1) is 5.25 Å². The van der Waals surface area contributed by atoms with E-state index in [1.807, 2.05) is 22.5 Å². The fourth-order valence-electron chi connectivity index (χ4n) is 3.51. The molecule has 1 aromatic rings. The van der Waals surface area contributed by atoms with Crippen LogP contribution in [0, 0.1) is 0 Å². The van der Waals surface area contributed by atoms with E-state index in [1.165, 1.54) is 5.01 Å². The lowest BCUT2D eigenvalue weighted by atomic mass is 10.1. The van der Waals surface area contributed by atoms with Gasteiger partial charge in [-0.3, -0.25) is 14.6 Å². The highest BCUT2D eigenvalue weighted by atomic mass is 32.1. The molecule has 3 rings (SSSR count). The number of thiol groups is 1. The molecule has 26 heavy (non-hydrogen) atoms. The fourth-order valence-corrected chi connectivity index (χ4v) is 4.66. The summed E-state index contributed by atoms with van der Waals surface area (Å²) in [7, 11) is 0. The van der Waals surface area contributed by atoms with Crippen LogP contribution in [0.15, 0.2) is 17.5 Å². The molecule has 2 fully saturated rings. The van der Waals surface area contributed by atoms with E-state index in [2.05, 4.69) is 17.9 Å². The number of rotatable bonds is 5. The van der Waals surface area contributed by atoms with Gasteiger partial charge in [0, 0.05) is 24.4 Å². The predicted octanol–water partition coefficient (Wildman–Crippen LogP) is 1.16. The van der Waals surface area contributed by atoms with E-state index in [0.717, 1.165) is 17.7 Å². The lowest BCUT2D eigenvalue weighted by Gasteiger charge is -2.42. The second kappa shape index (κ2) is 8.41. The van der Waals surface area contributed by atoms with Crippen LogP contribution in [0.4, 0.5) is 0 Å². The van der Waals surface area contributed by atoms with Gasteiger partial charge in [0.2, 0.25) is 5.91 Å². The van der Waals surface area contributed by atoms with Crippen LogP contribution in [0.2, 0.25) is 0 Å². The maximum Gasteiger partial charge on any atom is 0.328 e. The molecule has 0 spiro atoms. The quantitative estimate of drug-likeness (QED) is 0.649. The Morgan fingerprint density at radius 1 is 1.35 bits per heavy atom. The minimum Gasteiger partial charge on any atom is -0.480 e. The van der Waals surface area contributed by atoms with Gasteiger partial charge in [-0.15, -0.1) is 11.3 Å². The normalized spacial score (nSPS) is 25.3. The predicted molar refractivity (Wildman–Crippen MR) is 101 cm³/mol. The van der Waals surface area contributed by atoms with Crippen LogP contribution in [0.5, 0.6) is 0 Å². The molecule has 1 aromatic heterocycles. The Balaban J connectivity index is 1.68. The van der Waals surface area contributed by atoms with Gasteiger partial charge in [0.1, 0.15) is 12.1 Å². The molecule has 2 saturated heterocycles. The Kier molecular flexibility index (Phi) is 6.20. The summed E-state index contributed by atoms with van der Waals surface area (Å²) in [6.07, 6.45) is 2.91. The average Bonchev–Trinajstić information content (AvgIpc) is 3.07. The zero-order chi connectivity index (χ0) is 18.7. The lowest BCUT2D eigenvalue weighted by Crippen LogP contribution is -2.61. The van der Waals surface area contributed by atoms with E-state index >= 15 is 0 Å². The molecule has 2 aliphatic heterocycles. The summed E-state index contributed by atoms with van der Waals surface area (Å²) in [5, 5.41) is 16.8. The van der Waals surface area contributed by atoms with Gasteiger partial charge in [-0.25, -0.2) is 9.80 Å². The Morgan fingerprint density at radius 3 is 2.73 bits per heavy atom. The van der Waals surface area contributed by atoms with Crippen molar-refractivity contribution in [2.24, 2.45) is 0 Å². The van der Waals surface area contributed by atoms with Crippen molar-refractivity contribution < 1.29 is 19.5 Å². The van der Waals surface area contributed by atoms with Gasteiger partial charge in [-0.05, 0) is 37.1 Å². The minimum atomic E-state index is -1.00. The first kappa shape index (κ1) is 19.2. The van der Waals surface area contributed by atoms with Crippen molar-refractivity contribution in [3.05, 3.63) is 22.4 Å². The third-order valence-electron chi connectivity index (χ3n) is 4.81. The first-order valence-electron chi connectivity index (χ1n) is 8.79. The summed E-state index contributed by atoms with van der Waals surface area (Å²) in [4.78, 5) is 38.1. The number of amides is 2. The number of nitrogens with zero attached hydrogens (tertiary/aromatic N) is 2. The summed E-state index contributed by atoms with van der Waals surface area (Å²) in [5.41, 5.74) is 0. The molecule has 0 aliphatic carbocycles. The van der Waals surface area contributed by atoms with Gasteiger partial charge in [0.15, 0.2) is 0 Å². The SMILES string of the molecule is O=C(N[C@H]1CCCN2CCC[C@H](C(=O)O)N2C1=O)[C@H](S)Cc1cccs1. The minimum absolute atomic E-state index is 0.294. The van der Waals surface area contributed by atoms with Crippen molar-refractivity contribution in [2.75, 3.05) is 13.1 Å². The van der Waals surface area contributed by atoms with E-state index in [1.54, 1.807) is 11.3 Å². The van der Waals surface area contributed by atoms with E-state index in [4.69, 9.17) is 0 Å². The standard InChI is InChI=1S/C17H23N3O4S2/c21-15(14(25)10-11-4-3-9-26-11)18-12-5-1-7-19-8-2-6-13(17(23)24)20(19)16(12)22/h3-4,9,12-14,25H,1-2,5-8,10H2,(H,18,21)(H,23,24)/t12-,13+,14+/m0/s1. The third kappa shape index (κ3) is 4.21. The highest BCUT2D eigenvalue weighted by molar-refractivity contribution is 7.81. The maximum absolute atomic E-state index is 13.0. The molecule has 0 radical (unpaired) electrons. The number of nitrogens with one attached hydrogen (secondary N) is 1. The van der Waals surface area contributed by atoms with Crippen LogP contribution in [-0.2, 0) is 20.8 Å². The largest absolute Gasteiger partial charge is 0.480 e. The number of thiophene rings is 1. The van der Waals surface area contributed by atoms with Crippen molar-refractivity contribution in [3.8, 4) is 0 Å². The number of aliphatic carboxylic acids is 1. The molecule has 0 saturated carbocycles. The molecule has 7 nitrogen and oxygen atoms in total. The van der Waals surface area contributed by atoms with Crippen molar-refractivity contribution >= 4 is 41.7 Å². The van der Waals surface area contributed by atoms with E-state index < -0.39 is 23.3 Å². The summed E-state index contributed by atoms with van der Waals surface area (Å²) < 4.78 is 0. The van der Waals surface area contributed by atoms with Gasteiger partial charge < -0.3 is 10.4 Å². The van der Waals surface area contributed by atoms with E-state index in [0.29, 0.717) is 32.4 Å². The van der Waals surface area contributed by atoms with Gasteiger partial charge in [-0.2, -0.15) is 12.6 Å². The molecular weight excluding hydrogens is 374 g/mol. The van der Waals surface area contributed by atoms with Gasteiger partial charge in [0.25, 0.3) is 5.91 Å². The Morgan fingerprint density at radius 2 is 2.08 bits per heavy atom. The fraction of sp³-hybridized carbons (Fsp3) is 0.588. The number of hydrazine groups is 1. The Bertz CT molecular complexity index is 667. The number of hydrogen-bond donors (Lipinski definition) is 3. The first-order valence-corrected chi connectivity index (χ1v) is 10.2. The summed E-state index contributed by atoms with van der Waals surface area (Å²) in [6, 6.07) is 2.31. The number of carbonyl (C=O) groups excluding carboxylic acids is 2. The number of carboxylic acid groups (broad SMARTS) is 1. The smallest absolute Gasteiger partial charge is 0.328 e. The number of fused-ring (bicyclic) bond motifs is 1. The lowest BCUT2D eigenvalue weighted by molar-refractivity contribution is -0.174. The van der Waals surface area contributed by atoms with Crippen LogP contribution in [0.3, 0.4) is 0 Å². The number of hydrogen-bond acceptors (Lipinski definition) is 6. The van der Waals surface area contributed by atoms with Crippen molar-refractivity contribution in [3.63, 3.8) is 0 Å². The van der Waals surface area contributed by atoms with Crippen LogP contribution < -0.4 is 5.32 Å². The van der Waals surface area contributed by atoms with Crippen molar-refractivity contribution in [1.82, 2.24) is 15.3 Å². The molecule has 2 N–H and O–H groups in total. The Hall–Kier alpha value is -1.58. The monoisotopic (exact) mass is 397 g/mol. The summed E-state index contributed by atoms with van der Waals surface area (Å²) >= 11 is 5.94. The van der Waals surface area contributed by atoms with Gasteiger partial charge in [-0.1, -0.05) is 6.07 Å². The molecule has 2 amide bonds. The molecule has 0 aromatic carbocycles. The number of carbonyl (C=O) groups is 3. The van der Waals surface area contributed by atoms with Crippen molar-refractivity contribution in [1.29, 1.82) is 0 Å². The molecule has 142 valence electrons. The first-order chi connectivity index (χ1) is 12.5. The zero-order valence-corrected chi connectivity index (χ0v) is 16.0. The van der Waals surface area contributed by atoms with Crippen LogP contribution in [0.1, 0.15) is 30.6 Å². The van der Waals surface area contributed by atoms with Crippen molar-refractivity contribution in [2.45, 2.75) is 49.4 Å². The Labute approximate surface area is 161 Å². The molecule has 3 atom stereocenters. The third-order valence-corrected chi connectivity index (χ3v) is 6.12. The van der Waals surface area contributed by atoms with E-state index in [-0.39, 0.29) is 11.8 Å². The second-order valence-electron chi connectivity index (χ2n) is 6.64. The summed E-state index contributed by atoms with van der Waals surface area (Å²) in [5.74, 6) is -1.63. The second-order valence-corrected chi connectivity index (χ2v) is 8.29. The van der Waals surface area contributed by atoms with Crippen LogP contribution in [-0.4, -0.2) is 63.3 Å². The molecule has 2 aliphatic rings.